The van der Waals surface area contributed by atoms with E-state index >= 15 is 0 Å². The van der Waals surface area contributed by atoms with E-state index in [0.29, 0.717) is 6.54 Å². The summed E-state index contributed by atoms with van der Waals surface area (Å²) in [7, 11) is 1.74. The number of thiocarbonyl (C=S) groups is 1. The van der Waals surface area contributed by atoms with Gasteiger partial charge in [0.1, 0.15) is 0 Å². The van der Waals surface area contributed by atoms with Crippen LogP contribution < -0.4 is 5.73 Å². The monoisotopic (exact) mass is 306 g/mol. The standard InChI is InChI=1S/C9H11BrN2OS2/c1-12(9(13)3-8(11)14)4-6-2-7(10)15-5-6/h2,5H,3-4H2,1H3,(H2,11,14). The summed E-state index contributed by atoms with van der Waals surface area (Å²) >= 11 is 9.66. The third-order valence-electron chi connectivity index (χ3n) is 1.79. The van der Waals surface area contributed by atoms with E-state index in [2.05, 4.69) is 28.1 Å². The molecule has 0 fully saturated rings. The molecule has 1 rings (SSSR count). The van der Waals surface area contributed by atoms with Gasteiger partial charge in [0.2, 0.25) is 5.91 Å². The predicted molar refractivity (Wildman–Crippen MR) is 69.9 cm³/mol. The molecule has 3 nitrogen and oxygen atoms in total. The second-order valence-electron chi connectivity index (χ2n) is 3.15. The first-order valence-corrected chi connectivity index (χ1v) is 6.32. The highest BCUT2D eigenvalue weighted by atomic mass is 79.9. The van der Waals surface area contributed by atoms with Crippen LogP contribution >= 0.6 is 39.5 Å². The van der Waals surface area contributed by atoms with E-state index in [-0.39, 0.29) is 17.3 Å². The topological polar surface area (TPSA) is 46.3 Å². The zero-order chi connectivity index (χ0) is 11.4. The Bertz CT molecular complexity index is 378. The van der Waals surface area contributed by atoms with Gasteiger partial charge in [-0.25, -0.2) is 0 Å². The molecule has 0 unspecified atom stereocenters. The highest BCUT2D eigenvalue weighted by Crippen LogP contribution is 2.21. The van der Waals surface area contributed by atoms with Crippen molar-refractivity contribution in [2.45, 2.75) is 13.0 Å². The number of rotatable bonds is 4. The number of thiophene rings is 1. The Hall–Kier alpha value is -0.460. The van der Waals surface area contributed by atoms with Crippen LogP contribution in [0.2, 0.25) is 0 Å². The molecule has 0 bridgehead atoms. The molecular weight excluding hydrogens is 296 g/mol. The number of carbonyl (C=O) groups is 1. The van der Waals surface area contributed by atoms with E-state index in [1.54, 1.807) is 23.3 Å². The van der Waals surface area contributed by atoms with Crippen molar-refractivity contribution in [1.82, 2.24) is 4.90 Å². The Labute approximate surface area is 106 Å². The van der Waals surface area contributed by atoms with Crippen LogP contribution in [0.5, 0.6) is 0 Å². The normalized spacial score (nSPS) is 10.0. The van der Waals surface area contributed by atoms with Crippen LogP contribution in [0.4, 0.5) is 0 Å². The van der Waals surface area contributed by atoms with Crippen LogP contribution in [0.1, 0.15) is 12.0 Å². The van der Waals surface area contributed by atoms with Gasteiger partial charge in [-0.2, -0.15) is 0 Å². The Morgan fingerprint density at radius 2 is 2.40 bits per heavy atom. The first kappa shape index (κ1) is 12.6. The van der Waals surface area contributed by atoms with Crippen molar-refractivity contribution in [3.63, 3.8) is 0 Å². The van der Waals surface area contributed by atoms with Gasteiger partial charge in [0.05, 0.1) is 15.2 Å². The van der Waals surface area contributed by atoms with Gasteiger partial charge >= 0.3 is 0 Å². The molecule has 0 saturated heterocycles. The van der Waals surface area contributed by atoms with Gasteiger partial charge in [0, 0.05) is 13.6 Å². The van der Waals surface area contributed by atoms with E-state index in [1.165, 1.54) is 0 Å². The zero-order valence-electron chi connectivity index (χ0n) is 8.20. The predicted octanol–water partition coefficient (Wildman–Crippen LogP) is 2.15. The summed E-state index contributed by atoms with van der Waals surface area (Å²) in [5.74, 6) is -0.0511. The Morgan fingerprint density at radius 3 is 2.87 bits per heavy atom. The first-order chi connectivity index (χ1) is 6.99. The van der Waals surface area contributed by atoms with E-state index in [0.717, 1.165) is 9.35 Å². The minimum absolute atomic E-state index is 0.0511. The van der Waals surface area contributed by atoms with Crippen molar-refractivity contribution in [3.8, 4) is 0 Å². The van der Waals surface area contributed by atoms with Gasteiger partial charge < -0.3 is 10.6 Å². The fraction of sp³-hybridized carbons (Fsp3) is 0.333. The summed E-state index contributed by atoms with van der Waals surface area (Å²) in [5.41, 5.74) is 6.41. The molecule has 15 heavy (non-hydrogen) atoms. The Kier molecular flexibility index (Phi) is 4.69. The van der Waals surface area contributed by atoms with Crippen LogP contribution in [0.25, 0.3) is 0 Å². The second kappa shape index (κ2) is 5.58. The highest BCUT2D eigenvalue weighted by Gasteiger charge is 2.10. The molecule has 0 saturated carbocycles. The average molecular weight is 307 g/mol. The quantitative estimate of drug-likeness (QED) is 0.867. The minimum atomic E-state index is -0.0511. The van der Waals surface area contributed by atoms with Crippen LogP contribution in [0.15, 0.2) is 15.2 Å². The Morgan fingerprint density at radius 1 is 1.73 bits per heavy atom. The third kappa shape index (κ3) is 4.27. The summed E-state index contributed by atoms with van der Waals surface area (Å²) < 4.78 is 1.06. The van der Waals surface area contributed by atoms with Crippen molar-refractivity contribution in [1.29, 1.82) is 0 Å². The van der Waals surface area contributed by atoms with E-state index in [1.807, 2.05) is 11.4 Å². The Balaban J connectivity index is 2.51. The number of amides is 1. The molecule has 1 aromatic heterocycles. The van der Waals surface area contributed by atoms with Crippen molar-refractivity contribution < 1.29 is 4.79 Å². The van der Waals surface area contributed by atoms with Crippen LogP contribution in [0.3, 0.4) is 0 Å². The average Bonchev–Trinajstić information content (AvgIpc) is 2.50. The van der Waals surface area contributed by atoms with E-state index < -0.39 is 0 Å². The molecule has 0 aliphatic rings. The summed E-state index contributed by atoms with van der Waals surface area (Å²) in [4.78, 5) is 13.4. The molecule has 6 heteroatoms. The molecule has 1 aromatic rings. The molecule has 2 N–H and O–H groups in total. The van der Waals surface area contributed by atoms with E-state index in [4.69, 9.17) is 5.73 Å². The van der Waals surface area contributed by atoms with Gasteiger partial charge in [0.25, 0.3) is 0 Å². The molecule has 0 spiro atoms. The number of halogens is 1. The molecule has 1 heterocycles. The van der Waals surface area contributed by atoms with Crippen molar-refractivity contribution in [2.75, 3.05) is 7.05 Å². The lowest BCUT2D eigenvalue weighted by atomic mass is 10.3. The number of nitrogens with two attached hydrogens (primary N) is 1. The van der Waals surface area contributed by atoms with Crippen LogP contribution in [0, 0.1) is 0 Å². The maximum absolute atomic E-state index is 11.5. The third-order valence-corrected chi connectivity index (χ3v) is 3.49. The lowest BCUT2D eigenvalue weighted by molar-refractivity contribution is -0.129. The lowest BCUT2D eigenvalue weighted by Crippen LogP contribution is -2.29. The molecule has 82 valence electrons. The molecule has 0 aliphatic carbocycles. The molecule has 0 aliphatic heterocycles. The molecule has 0 radical (unpaired) electrons. The van der Waals surface area contributed by atoms with E-state index in [9.17, 15) is 4.79 Å². The van der Waals surface area contributed by atoms with Gasteiger partial charge in [-0.3, -0.25) is 4.79 Å². The second-order valence-corrected chi connectivity index (χ2v) is 5.97. The first-order valence-electron chi connectivity index (χ1n) is 4.24. The summed E-state index contributed by atoms with van der Waals surface area (Å²) in [6, 6.07) is 2.00. The molecule has 1 amide bonds. The number of carbonyl (C=O) groups excluding carboxylic acids is 1. The SMILES string of the molecule is CN(Cc1csc(Br)c1)C(=O)CC(N)=S. The number of hydrogen-bond donors (Lipinski definition) is 1. The molecule has 0 atom stereocenters. The van der Waals surface area contributed by atoms with Gasteiger partial charge in [-0.1, -0.05) is 12.2 Å². The minimum Gasteiger partial charge on any atom is -0.393 e. The van der Waals surface area contributed by atoms with Crippen LogP contribution in [-0.4, -0.2) is 22.8 Å². The fourth-order valence-electron chi connectivity index (χ4n) is 1.07. The van der Waals surface area contributed by atoms with Crippen molar-refractivity contribution in [2.24, 2.45) is 5.73 Å². The van der Waals surface area contributed by atoms with Crippen molar-refractivity contribution in [3.05, 3.63) is 20.8 Å². The van der Waals surface area contributed by atoms with Crippen LogP contribution in [-0.2, 0) is 11.3 Å². The smallest absolute Gasteiger partial charge is 0.229 e. The van der Waals surface area contributed by atoms with Crippen molar-refractivity contribution >= 4 is 50.4 Å². The van der Waals surface area contributed by atoms with Gasteiger partial charge in [-0.05, 0) is 32.9 Å². The van der Waals surface area contributed by atoms with Gasteiger partial charge in [-0.15, -0.1) is 11.3 Å². The number of hydrogen-bond acceptors (Lipinski definition) is 3. The summed E-state index contributed by atoms with van der Waals surface area (Å²) in [5, 5.41) is 2.01. The maximum Gasteiger partial charge on any atom is 0.229 e. The highest BCUT2D eigenvalue weighted by molar-refractivity contribution is 9.11. The lowest BCUT2D eigenvalue weighted by Gasteiger charge is -2.15. The molecule has 0 aromatic carbocycles. The molecular formula is C9H11BrN2OS2. The summed E-state index contributed by atoms with van der Waals surface area (Å²) in [6.07, 6.45) is 0.136. The fourth-order valence-corrected chi connectivity index (χ4v) is 2.40. The number of nitrogens with zero attached hydrogens (tertiary/aromatic N) is 1. The van der Waals surface area contributed by atoms with Gasteiger partial charge in [0.15, 0.2) is 0 Å². The largest absolute Gasteiger partial charge is 0.393 e. The summed E-state index contributed by atoms with van der Waals surface area (Å²) in [6.45, 7) is 0.587. The maximum atomic E-state index is 11.5. The zero-order valence-corrected chi connectivity index (χ0v) is 11.4.